The molecule has 0 amide bonds. The smallest absolute Gasteiger partial charge is 0.0587 e. The molecule has 0 aromatic heterocycles. The summed E-state index contributed by atoms with van der Waals surface area (Å²) in [6.45, 7) is 2.85. The fourth-order valence-corrected chi connectivity index (χ4v) is 2.78. The van der Waals surface area contributed by atoms with Crippen molar-refractivity contribution in [1.82, 2.24) is 5.32 Å². The standard InChI is InChI=1S/C15H22ClNO.ClH/c1-18-11-10-17-9-8-13-4-7-15(13)12-2-5-14(16)6-3-12;/h2-3,5-6,13,15,17H,4,7-11H2,1H3;1H. The van der Waals surface area contributed by atoms with Crippen molar-refractivity contribution in [2.75, 3.05) is 26.8 Å². The van der Waals surface area contributed by atoms with Crippen molar-refractivity contribution in [3.63, 3.8) is 0 Å². The number of rotatable bonds is 7. The Bertz CT molecular complexity index is 356. The van der Waals surface area contributed by atoms with Crippen molar-refractivity contribution < 1.29 is 4.74 Å². The van der Waals surface area contributed by atoms with E-state index in [-0.39, 0.29) is 12.4 Å². The minimum absolute atomic E-state index is 0. The highest BCUT2D eigenvalue weighted by Crippen LogP contribution is 2.44. The molecule has 0 saturated heterocycles. The molecule has 0 heterocycles. The average Bonchev–Trinajstić information content (AvgIpc) is 2.35. The lowest BCUT2D eigenvalue weighted by molar-refractivity contribution is 0.194. The van der Waals surface area contributed by atoms with Crippen LogP contribution in [0.3, 0.4) is 0 Å². The summed E-state index contributed by atoms with van der Waals surface area (Å²) in [7, 11) is 1.74. The van der Waals surface area contributed by atoms with Gasteiger partial charge in [-0.3, -0.25) is 0 Å². The van der Waals surface area contributed by atoms with Gasteiger partial charge in [0.25, 0.3) is 0 Å². The largest absolute Gasteiger partial charge is 0.383 e. The van der Waals surface area contributed by atoms with Crippen LogP contribution in [0.5, 0.6) is 0 Å². The Morgan fingerprint density at radius 3 is 2.53 bits per heavy atom. The van der Waals surface area contributed by atoms with Gasteiger partial charge in [0, 0.05) is 18.7 Å². The Hall–Kier alpha value is -0.280. The summed E-state index contributed by atoms with van der Waals surface area (Å²) in [5.41, 5.74) is 1.45. The lowest BCUT2D eigenvalue weighted by Crippen LogP contribution is -2.29. The lowest BCUT2D eigenvalue weighted by atomic mass is 9.68. The van der Waals surface area contributed by atoms with E-state index >= 15 is 0 Å². The van der Waals surface area contributed by atoms with Gasteiger partial charge in [-0.1, -0.05) is 23.7 Å². The predicted octanol–water partition coefficient (Wildman–Crippen LogP) is 3.88. The summed E-state index contributed by atoms with van der Waals surface area (Å²) in [6, 6.07) is 8.36. The minimum atomic E-state index is 0. The molecule has 2 rings (SSSR count). The second-order valence-corrected chi connectivity index (χ2v) is 5.46. The van der Waals surface area contributed by atoms with Crippen molar-refractivity contribution in [3.05, 3.63) is 34.9 Å². The maximum Gasteiger partial charge on any atom is 0.0587 e. The molecule has 1 aromatic rings. The first kappa shape index (κ1) is 16.8. The molecule has 4 heteroatoms. The van der Waals surface area contributed by atoms with Crippen LogP contribution in [0, 0.1) is 5.92 Å². The van der Waals surface area contributed by atoms with E-state index in [9.17, 15) is 0 Å². The van der Waals surface area contributed by atoms with Gasteiger partial charge in [0.05, 0.1) is 6.61 Å². The van der Waals surface area contributed by atoms with Gasteiger partial charge in [0.15, 0.2) is 0 Å². The van der Waals surface area contributed by atoms with Gasteiger partial charge in [-0.25, -0.2) is 0 Å². The van der Waals surface area contributed by atoms with Gasteiger partial charge in [0.2, 0.25) is 0 Å². The van der Waals surface area contributed by atoms with Crippen LogP contribution in [0.1, 0.15) is 30.7 Å². The number of hydrogen-bond acceptors (Lipinski definition) is 2. The van der Waals surface area contributed by atoms with Crippen LogP contribution < -0.4 is 5.32 Å². The molecule has 1 fully saturated rings. The van der Waals surface area contributed by atoms with E-state index in [1.54, 1.807) is 7.11 Å². The van der Waals surface area contributed by atoms with Gasteiger partial charge in [-0.05, 0) is 55.3 Å². The first-order chi connectivity index (χ1) is 8.81. The van der Waals surface area contributed by atoms with Gasteiger partial charge < -0.3 is 10.1 Å². The van der Waals surface area contributed by atoms with Crippen molar-refractivity contribution in [2.45, 2.75) is 25.2 Å². The van der Waals surface area contributed by atoms with E-state index in [4.69, 9.17) is 16.3 Å². The summed E-state index contributed by atoms with van der Waals surface area (Å²) in [5, 5.41) is 4.25. The van der Waals surface area contributed by atoms with Gasteiger partial charge >= 0.3 is 0 Å². The molecule has 0 aliphatic heterocycles. The third-order valence-corrected chi connectivity index (χ3v) is 4.14. The Balaban J connectivity index is 0.00000180. The lowest BCUT2D eigenvalue weighted by Gasteiger charge is -2.37. The number of methoxy groups -OCH3 is 1. The normalized spacial score (nSPS) is 21.6. The summed E-state index contributed by atoms with van der Waals surface area (Å²) in [6.07, 6.45) is 3.95. The Morgan fingerprint density at radius 2 is 1.95 bits per heavy atom. The van der Waals surface area contributed by atoms with Gasteiger partial charge in [-0.15, -0.1) is 12.4 Å². The van der Waals surface area contributed by atoms with Crippen molar-refractivity contribution in [2.24, 2.45) is 5.92 Å². The molecule has 1 N–H and O–H groups in total. The van der Waals surface area contributed by atoms with Crippen LogP contribution in [-0.2, 0) is 4.74 Å². The van der Waals surface area contributed by atoms with Crippen molar-refractivity contribution >= 4 is 24.0 Å². The maximum atomic E-state index is 5.92. The van der Waals surface area contributed by atoms with E-state index in [1.807, 2.05) is 12.1 Å². The molecule has 1 saturated carbocycles. The summed E-state index contributed by atoms with van der Waals surface area (Å²) in [4.78, 5) is 0. The second kappa shape index (κ2) is 8.80. The molecule has 108 valence electrons. The van der Waals surface area contributed by atoms with E-state index in [2.05, 4.69) is 17.4 Å². The number of nitrogens with one attached hydrogen (secondary N) is 1. The molecule has 1 aromatic carbocycles. The topological polar surface area (TPSA) is 21.3 Å². The molecule has 2 atom stereocenters. The molecule has 0 radical (unpaired) electrons. The Labute approximate surface area is 127 Å². The van der Waals surface area contributed by atoms with Crippen LogP contribution in [0.15, 0.2) is 24.3 Å². The van der Waals surface area contributed by atoms with Crippen LogP contribution in [0.2, 0.25) is 5.02 Å². The summed E-state index contributed by atoms with van der Waals surface area (Å²) < 4.78 is 5.02. The number of hydrogen-bond donors (Lipinski definition) is 1. The second-order valence-electron chi connectivity index (χ2n) is 5.03. The Morgan fingerprint density at radius 1 is 1.21 bits per heavy atom. The fourth-order valence-electron chi connectivity index (χ4n) is 2.65. The van der Waals surface area contributed by atoms with Crippen LogP contribution >= 0.6 is 24.0 Å². The number of ether oxygens (including phenoxy) is 1. The molecular formula is C15H23Cl2NO. The third-order valence-electron chi connectivity index (χ3n) is 3.89. The van der Waals surface area contributed by atoms with Crippen LogP contribution in [0.25, 0.3) is 0 Å². The minimum Gasteiger partial charge on any atom is -0.383 e. The molecule has 2 unspecified atom stereocenters. The van der Waals surface area contributed by atoms with E-state index in [1.165, 1.54) is 24.8 Å². The maximum absolute atomic E-state index is 5.92. The molecular weight excluding hydrogens is 281 g/mol. The van der Waals surface area contributed by atoms with Crippen LogP contribution in [0.4, 0.5) is 0 Å². The zero-order valence-electron chi connectivity index (χ0n) is 11.4. The molecule has 1 aliphatic rings. The summed E-state index contributed by atoms with van der Waals surface area (Å²) in [5.74, 6) is 1.58. The van der Waals surface area contributed by atoms with E-state index in [0.29, 0.717) is 0 Å². The predicted molar refractivity (Wildman–Crippen MR) is 83.5 cm³/mol. The van der Waals surface area contributed by atoms with Gasteiger partial charge in [0.1, 0.15) is 0 Å². The number of halogens is 2. The average molecular weight is 304 g/mol. The highest BCUT2D eigenvalue weighted by Gasteiger charge is 2.31. The van der Waals surface area contributed by atoms with Gasteiger partial charge in [-0.2, -0.15) is 0 Å². The SMILES string of the molecule is COCCNCCC1CCC1c1ccc(Cl)cc1.Cl. The quantitative estimate of drug-likeness (QED) is 0.772. The van der Waals surface area contributed by atoms with E-state index < -0.39 is 0 Å². The molecule has 2 nitrogen and oxygen atoms in total. The molecule has 0 spiro atoms. The highest BCUT2D eigenvalue weighted by atomic mass is 35.5. The first-order valence-corrected chi connectivity index (χ1v) is 7.14. The van der Waals surface area contributed by atoms with Crippen molar-refractivity contribution in [1.29, 1.82) is 0 Å². The van der Waals surface area contributed by atoms with E-state index in [0.717, 1.165) is 36.6 Å². The third kappa shape index (κ3) is 4.96. The fraction of sp³-hybridized carbons (Fsp3) is 0.600. The molecule has 1 aliphatic carbocycles. The zero-order chi connectivity index (χ0) is 12.8. The molecule has 0 bridgehead atoms. The molecule has 19 heavy (non-hydrogen) atoms. The number of benzene rings is 1. The first-order valence-electron chi connectivity index (χ1n) is 6.76. The zero-order valence-corrected chi connectivity index (χ0v) is 13.0. The Kier molecular flexibility index (Phi) is 7.77. The monoisotopic (exact) mass is 303 g/mol. The highest BCUT2D eigenvalue weighted by molar-refractivity contribution is 6.30. The van der Waals surface area contributed by atoms with Crippen molar-refractivity contribution in [3.8, 4) is 0 Å². The summed E-state index contributed by atoms with van der Waals surface area (Å²) >= 11 is 5.92. The van der Waals surface area contributed by atoms with Crippen LogP contribution in [-0.4, -0.2) is 26.8 Å².